The van der Waals surface area contributed by atoms with Gasteiger partial charge < -0.3 is 10.2 Å². The van der Waals surface area contributed by atoms with Gasteiger partial charge in [0.15, 0.2) is 5.82 Å². The molecule has 1 aliphatic rings. The van der Waals surface area contributed by atoms with Crippen molar-refractivity contribution in [3.63, 3.8) is 0 Å². The second kappa shape index (κ2) is 11.4. The van der Waals surface area contributed by atoms with Crippen molar-refractivity contribution in [3.8, 4) is 0 Å². The van der Waals surface area contributed by atoms with E-state index in [4.69, 9.17) is 4.98 Å². The normalized spacial score (nSPS) is 15.0. The summed E-state index contributed by atoms with van der Waals surface area (Å²) in [7, 11) is 0. The fourth-order valence-corrected chi connectivity index (χ4v) is 5.12. The molecule has 1 saturated heterocycles. The molecular formula is C31H34N4O2. The first-order chi connectivity index (χ1) is 18.1. The second-order valence-electron chi connectivity index (χ2n) is 10.00. The zero-order valence-electron chi connectivity index (χ0n) is 21.3. The van der Waals surface area contributed by atoms with Gasteiger partial charge in [-0.1, -0.05) is 72.8 Å². The van der Waals surface area contributed by atoms with Gasteiger partial charge in [0.05, 0.1) is 17.6 Å². The molecule has 190 valence electrons. The lowest BCUT2D eigenvalue weighted by Gasteiger charge is -2.32. The molecule has 1 N–H and O–H groups in total. The smallest absolute Gasteiger partial charge is 0.294 e. The van der Waals surface area contributed by atoms with Gasteiger partial charge in [-0.25, -0.2) is 4.98 Å². The minimum Gasteiger partial charge on any atom is -0.353 e. The second-order valence-corrected chi connectivity index (χ2v) is 10.00. The van der Waals surface area contributed by atoms with Gasteiger partial charge in [-0.2, -0.15) is 0 Å². The number of carbonyl (C=O) groups excluding carboxylic acids is 1. The van der Waals surface area contributed by atoms with Gasteiger partial charge in [0, 0.05) is 25.0 Å². The summed E-state index contributed by atoms with van der Waals surface area (Å²) in [5, 5.41) is 3.21. The van der Waals surface area contributed by atoms with Crippen LogP contribution in [-0.2, 0) is 17.8 Å². The summed E-state index contributed by atoms with van der Waals surface area (Å²) in [5.41, 5.74) is 3.92. The molecule has 6 heteroatoms. The zero-order valence-corrected chi connectivity index (χ0v) is 21.3. The van der Waals surface area contributed by atoms with Crippen LogP contribution in [0.2, 0.25) is 0 Å². The molecule has 0 aliphatic carbocycles. The number of nitrogens with one attached hydrogen (secondary N) is 1. The highest BCUT2D eigenvalue weighted by Crippen LogP contribution is 2.23. The third-order valence-corrected chi connectivity index (χ3v) is 7.28. The summed E-state index contributed by atoms with van der Waals surface area (Å²) in [5.74, 6) is 0.556. The number of carbonyl (C=O) groups is 1. The molecule has 6 nitrogen and oxygen atoms in total. The molecule has 1 aromatic heterocycles. The maximum absolute atomic E-state index is 13.6. The van der Waals surface area contributed by atoms with Crippen molar-refractivity contribution in [1.29, 1.82) is 0 Å². The SMILES string of the molecule is C[C@@H](CCc1ccccc1)NC(=O)C1CCN(c2nc3ccccc3n(Cc3ccccc3)c2=O)CC1. The zero-order chi connectivity index (χ0) is 25.6. The fourth-order valence-electron chi connectivity index (χ4n) is 5.12. The maximum atomic E-state index is 13.6. The Labute approximate surface area is 218 Å². The first-order valence-corrected chi connectivity index (χ1v) is 13.2. The van der Waals surface area contributed by atoms with Gasteiger partial charge >= 0.3 is 0 Å². The van der Waals surface area contributed by atoms with Gasteiger partial charge in [0.25, 0.3) is 5.56 Å². The van der Waals surface area contributed by atoms with Gasteiger partial charge in [-0.3, -0.25) is 14.2 Å². The highest BCUT2D eigenvalue weighted by atomic mass is 16.2. The Kier molecular flexibility index (Phi) is 7.64. The van der Waals surface area contributed by atoms with E-state index in [1.54, 1.807) is 0 Å². The van der Waals surface area contributed by atoms with Crippen molar-refractivity contribution in [3.05, 3.63) is 106 Å². The number of para-hydroxylation sites is 2. The predicted octanol–water partition coefficient (Wildman–Crippen LogP) is 4.80. The molecule has 0 bridgehead atoms. The molecule has 5 rings (SSSR count). The number of piperidine rings is 1. The van der Waals surface area contributed by atoms with Gasteiger partial charge in [-0.05, 0) is 55.9 Å². The Balaban J connectivity index is 1.25. The standard InChI is InChI=1S/C31H34N4O2/c1-23(16-17-24-10-4-2-5-11-24)32-30(36)26-18-20-34(21-19-26)29-31(37)35(22-25-12-6-3-7-13-25)28-15-9-8-14-27(28)33-29/h2-15,23,26H,16-22H2,1H3,(H,32,36)/t23-/m0/s1. The number of hydrogen-bond acceptors (Lipinski definition) is 4. The van der Waals surface area contributed by atoms with Crippen LogP contribution in [0.1, 0.15) is 37.3 Å². The molecule has 1 atom stereocenters. The summed E-state index contributed by atoms with van der Waals surface area (Å²) < 4.78 is 1.82. The van der Waals surface area contributed by atoms with Crippen molar-refractivity contribution in [2.45, 2.75) is 45.2 Å². The number of rotatable bonds is 8. The van der Waals surface area contributed by atoms with Crippen LogP contribution < -0.4 is 15.8 Å². The number of hydrogen-bond donors (Lipinski definition) is 1. The minimum atomic E-state index is -0.0833. The molecule has 37 heavy (non-hydrogen) atoms. The Morgan fingerprint density at radius 1 is 0.919 bits per heavy atom. The quantitative estimate of drug-likeness (QED) is 0.382. The summed E-state index contributed by atoms with van der Waals surface area (Å²) in [6.07, 6.45) is 3.29. The molecule has 3 aromatic carbocycles. The molecule has 4 aromatic rings. The molecule has 0 unspecified atom stereocenters. The number of fused-ring (bicyclic) bond motifs is 1. The number of aromatic nitrogens is 2. The largest absolute Gasteiger partial charge is 0.353 e. The number of nitrogens with zero attached hydrogens (tertiary/aromatic N) is 3. The number of anilines is 1. The van der Waals surface area contributed by atoms with Gasteiger partial charge in [0.1, 0.15) is 0 Å². The predicted molar refractivity (Wildman–Crippen MR) is 149 cm³/mol. The van der Waals surface area contributed by atoms with E-state index >= 15 is 0 Å². The van der Waals surface area contributed by atoms with Crippen LogP contribution in [0.5, 0.6) is 0 Å². The van der Waals surface area contributed by atoms with E-state index in [2.05, 4.69) is 29.3 Å². The molecule has 1 aliphatic heterocycles. The van der Waals surface area contributed by atoms with E-state index in [0.717, 1.165) is 29.4 Å². The van der Waals surface area contributed by atoms with E-state index in [1.807, 2.05) is 77.4 Å². The van der Waals surface area contributed by atoms with Crippen molar-refractivity contribution in [2.75, 3.05) is 18.0 Å². The van der Waals surface area contributed by atoms with Crippen LogP contribution in [0.4, 0.5) is 5.82 Å². The molecular weight excluding hydrogens is 460 g/mol. The highest BCUT2D eigenvalue weighted by molar-refractivity contribution is 5.79. The van der Waals surface area contributed by atoms with E-state index in [-0.39, 0.29) is 23.4 Å². The fraction of sp³-hybridized carbons (Fsp3) is 0.323. The van der Waals surface area contributed by atoms with E-state index < -0.39 is 0 Å². The Hall–Kier alpha value is -3.93. The summed E-state index contributed by atoms with van der Waals surface area (Å²) in [6, 6.07) is 28.3. The lowest BCUT2D eigenvalue weighted by Crippen LogP contribution is -2.45. The number of amides is 1. The monoisotopic (exact) mass is 494 g/mol. The molecule has 1 fully saturated rings. The minimum absolute atomic E-state index is 0.0394. The van der Waals surface area contributed by atoms with Crippen LogP contribution in [0.25, 0.3) is 11.0 Å². The number of aryl methyl sites for hydroxylation is 1. The van der Waals surface area contributed by atoms with Crippen molar-refractivity contribution >= 4 is 22.8 Å². The maximum Gasteiger partial charge on any atom is 0.294 e. The lowest BCUT2D eigenvalue weighted by molar-refractivity contribution is -0.126. The van der Waals surface area contributed by atoms with Crippen LogP contribution in [0.3, 0.4) is 0 Å². The van der Waals surface area contributed by atoms with Crippen LogP contribution in [0, 0.1) is 5.92 Å². The van der Waals surface area contributed by atoms with Crippen LogP contribution in [-0.4, -0.2) is 34.6 Å². The average molecular weight is 495 g/mol. The van der Waals surface area contributed by atoms with E-state index in [0.29, 0.717) is 38.3 Å². The summed E-state index contributed by atoms with van der Waals surface area (Å²) in [4.78, 5) is 33.4. The van der Waals surface area contributed by atoms with E-state index in [1.165, 1.54) is 5.56 Å². The average Bonchev–Trinajstić information content (AvgIpc) is 2.94. The Morgan fingerprint density at radius 2 is 1.54 bits per heavy atom. The molecule has 2 heterocycles. The van der Waals surface area contributed by atoms with Crippen LogP contribution in [0.15, 0.2) is 89.7 Å². The topological polar surface area (TPSA) is 67.2 Å². The third kappa shape index (κ3) is 5.91. The lowest BCUT2D eigenvalue weighted by atomic mass is 9.95. The van der Waals surface area contributed by atoms with Gasteiger partial charge in [-0.15, -0.1) is 0 Å². The van der Waals surface area contributed by atoms with E-state index in [9.17, 15) is 9.59 Å². The Morgan fingerprint density at radius 3 is 2.24 bits per heavy atom. The highest BCUT2D eigenvalue weighted by Gasteiger charge is 2.28. The van der Waals surface area contributed by atoms with Gasteiger partial charge in [0.2, 0.25) is 5.91 Å². The molecule has 1 amide bonds. The molecule has 0 saturated carbocycles. The van der Waals surface area contributed by atoms with Crippen molar-refractivity contribution < 1.29 is 4.79 Å². The first-order valence-electron chi connectivity index (χ1n) is 13.2. The van der Waals surface area contributed by atoms with Crippen molar-refractivity contribution in [2.24, 2.45) is 5.92 Å². The number of benzene rings is 3. The summed E-state index contributed by atoms with van der Waals surface area (Å²) in [6.45, 7) is 3.85. The summed E-state index contributed by atoms with van der Waals surface area (Å²) >= 11 is 0. The first kappa shape index (κ1) is 24.8. The van der Waals surface area contributed by atoms with Crippen molar-refractivity contribution in [1.82, 2.24) is 14.9 Å². The van der Waals surface area contributed by atoms with Crippen LogP contribution >= 0.6 is 0 Å². The molecule has 0 spiro atoms. The molecule has 0 radical (unpaired) electrons. The third-order valence-electron chi connectivity index (χ3n) is 7.28. The Bertz CT molecular complexity index is 1390.